The number of nitrogens with one attached hydrogen (secondary N) is 2. The number of nitrogens with zero attached hydrogens (tertiary/aromatic N) is 3. The number of piperazine rings is 1. The monoisotopic (exact) mass is 511 g/mol. The summed E-state index contributed by atoms with van der Waals surface area (Å²) >= 11 is 0. The minimum absolute atomic E-state index is 0. The number of aliphatic imine (C=N–C) groups is 1. The SMILES string of the molecule is CN=C(NCCN1CCN(C(=O)OC(C)(C)C)CC1)NCC1(C)CCCO1.I. The van der Waals surface area contributed by atoms with E-state index in [2.05, 4.69) is 27.4 Å². The van der Waals surface area contributed by atoms with Crippen LogP contribution >= 0.6 is 24.0 Å². The molecule has 0 bridgehead atoms. The highest BCUT2D eigenvalue weighted by Gasteiger charge is 2.30. The van der Waals surface area contributed by atoms with Gasteiger partial charge in [-0.15, -0.1) is 24.0 Å². The van der Waals surface area contributed by atoms with Gasteiger partial charge in [-0.1, -0.05) is 0 Å². The second-order valence-corrected chi connectivity index (χ2v) is 8.56. The second kappa shape index (κ2) is 11.4. The molecule has 2 saturated heterocycles. The predicted octanol–water partition coefficient (Wildman–Crippen LogP) is 1.89. The predicted molar refractivity (Wildman–Crippen MR) is 123 cm³/mol. The zero-order chi connectivity index (χ0) is 19.9. The molecule has 8 nitrogen and oxygen atoms in total. The molecule has 2 rings (SSSR count). The van der Waals surface area contributed by atoms with Gasteiger partial charge in [0.2, 0.25) is 0 Å². The number of amides is 1. The molecule has 0 aromatic rings. The second-order valence-electron chi connectivity index (χ2n) is 8.56. The number of carbonyl (C=O) groups is 1. The third-order valence-corrected chi connectivity index (χ3v) is 4.90. The maximum Gasteiger partial charge on any atom is 0.410 e. The standard InChI is InChI=1S/C19H37N5O3.HI/c1-18(2,3)27-17(25)24-12-10-23(11-13-24)9-8-21-16(20-5)22-15-19(4)7-6-14-26-19;/h6-15H2,1-5H3,(H2,20,21,22);1H. The fourth-order valence-electron chi connectivity index (χ4n) is 3.28. The third kappa shape index (κ3) is 8.69. The Kier molecular flexibility index (Phi) is 10.3. The number of halogens is 1. The molecule has 0 aromatic heterocycles. The van der Waals surface area contributed by atoms with E-state index in [9.17, 15) is 4.79 Å². The van der Waals surface area contributed by atoms with Crippen LogP contribution < -0.4 is 10.6 Å². The van der Waals surface area contributed by atoms with E-state index in [0.717, 1.165) is 58.1 Å². The number of ether oxygens (including phenoxy) is 2. The van der Waals surface area contributed by atoms with Crippen LogP contribution in [-0.2, 0) is 9.47 Å². The van der Waals surface area contributed by atoms with Crippen molar-refractivity contribution in [2.75, 3.05) is 59.5 Å². The third-order valence-electron chi connectivity index (χ3n) is 4.90. The molecule has 0 spiro atoms. The Hall–Kier alpha value is -0.810. The van der Waals surface area contributed by atoms with Crippen molar-refractivity contribution in [2.24, 2.45) is 4.99 Å². The van der Waals surface area contributed by atoms with Crippen LogP contribution in [0.4, 0.5) is 4.79 Å². The maximum absolute atomic E-state index is 12.1. The first-order valence-corrected chi connectivity index (χ1v) is 9.99. The molecule has 0 radical (unpaired) electrons. The average Bonchev–Trinajstić information content (AvgIpc) is 3.04. The van der Waals surface area contributed by atoms with Gasteiger partial charge in [-0.3, -0.25) is 9.89 Å². The van der Waals surface area contributed by atoms with Crippen molar-refractivity contribution >= 4 is 36.0 Å². The van der Waals surface area contributed by atoms with Gasteiger partial charge in [0, 0.05) is 59.5 Å². The van der Waals surface area contributed by atoms with Gasteiger partial charge < -0.3 is 25.0 Å². The van der Waals surface area contributed by atoms with Crippen LogP contribution in [0.5, 0.6) is 0 Å². The minimum Gasteiger partial charge on any atom is -0.444 e. The van der Waals surface area contributed by atoms with E-state index >= 15 is 0 Å². The number of hydrogen-bond acceptors (Lipinski definition) is 5. The molecule has 2 heterocycles. The Bertz CT molecular complexity index is 510. The summed E-state index contributed by atoms with van der Waals surface area (Å²) in [5.74, 6) is 0.805. The minimum atomic E-state index is -0.443. The van der Waals surface area contributed by atoms with Crippen molar-refractivity contribution in [2.45, 2.75) is 51.7 Å². The smallest absolute Gasteiger partial charge is 0.410 e. The summed E-state index contributed by atoms with van der Waals surface area (Å²) in [6.07, 6.45) is 1.99. The lowest BCUT2D eigenvalue weighted by atomic mass is 10.0. The largest absolute Gasteiger partial charge is 0.444 e. The van der Waals surface area contributed by atoms with Crippen LogP contribution in [0.2, 0.25) is 0 Å². The van der Waals surface area contributed by atoms with Crippen LogP contribution in [0.3, 0.4) is 0 Å². The Morgan fingerprint density at radius 1 is 1.21 bits per heavy atom. The van der Waals surface area contributed by atoms with E-state index in [4.69, 9.17) is 9.47 Å². The van der Waals surface area contributed by atoms with Crippen molar-refractivity contribution in [3.8, 4) is 0 Å². The number of rotatable bonds is 5. The molecule has 1 unspecified atom stereocenters. The summed E-state index contributed by atoms with van der Waals surface area (Å²) in [7, 11) is 1.78. The van der Waals surface area contributed by atoms with Gasteiger partial charge in [-0.2, -0.15) is 0 Å². The Morgan fingerprint density at radius 3 is 2.43 bits per heavy atom. The van der Waals surface area contributed by atoms with Crippen molar-refractivity contribution in [1.82, 2.24) is 20.4 Å². The molecule has 1 amide bonds. The van der Waals surface area contributed by atoms with Gasteiger partial charge in [-0.25, -0.2) is 4.79 Å². The molecular formula is C19H38IN5O3. The maximum atomic E-state index is 12.1. The van der Waals surface area contributed by atoms with Gasteiger partial charge in [0.25, 0.3) is 0 Å². The van der Waals surface area contributed by atoms with E-state index in [0.29, 0.717) is 13.1 Å². The van der Waals surface area contributed by atoms with Gasteiger partial charge in [0.05, 0.1) is 5.60 Å². The van der Waals surface area contributed by atoms with E-state index in [-0.39, 0.29) is 35.7 Å². The molecule has 0 aromatic carbocycles. The molecule has 2 fully saturated rings. The van der Waals surface area contributed by atoms with Crippen molar-refractivity contribution in [3.05, 3.63) is 0 Å². The molecule has 28 heavy (non-hydrogen) atoms. The Balaban J connectivity index is 0.00000392. The van der Waals surface area contributed by atoms with Crippen molar-refractivity contribution in [3.63, 3.8) is 0 Å². The van der Waals surface area contributed by atoms with Gasteiger partial charge in [0.15, 0.2) is 5.96 Å². The van der Waals surface area contributed by atoms with Crippen LogP contribution in [0.1, 0.15) is 40.5 Å². The summed E-state index contributed by atoms with van der Waals surface area (Å²) in [5, 5.41) is 6.72. The Morgan fingerprint density at radius 2 is 1.89 bits per heavy atom. The highest BCUT2D eigenvalue weighted by molar-refractivity contribution is 14.0. The van der Waals surface area contributed by atoms with Gasteiger partial charge in [0.1, 0.15) is 5.60 Å². The molecule has 2 aliphatic rings. The number of guanidine groups is 1. The number of hydrogen-bond donors (Lipinski definition) is 2. The van der Waals surface area contributed by atoms with Crippen LogP contribution in [0.15, 0.2) is 4.99 Å². The molecule has 0 aliphatic carbocycles. The fraction of sp³-hybridized carbons (Fsp3) is 0.895. The summed E-state index contributed by atoms with van der Waals surface area (Å²) in [4.78, 5) is 20.5. The van der Waals surface area contributed by atoms with Crippen molar-refractivity contribution < 1.29 is 14.3 Å². The molecule has 9 heteroatoms. The van der Waals surface area contributed by atoms with E-state index in [1.807, 2.05) is 20.8 Å². The first kappa shape index (κ1) is 25.2. The van der Waals surface area contributed by atoms with Crippen LogP contribution in [-0.4, -0.2) is 92.5 Å². The van der Waals surface area contributed by atoms with Gasteiger partial charge in [-0.05, 0) is 40.5 Å². The molecular weight excluding hydrogens is 473 g/mol. The van der Waals surface area contributed by atoms with E-state index in [1.54, 1.807) is 11.9 Å². The first-order valence-electron chi connectivity index (χ1n) is 9.99. The topological polar surface area (TPSA) is 78.4 Å². The average molecular weight is 511 g/mol. The lowest BCUT2D eigenvalue weighted by Crippen LogP contribution is -2.52. The molecule has 1 atom stereocenters. The molecule has 2 N–H and O–H groups in total. The summed E-state index contributed by atoms with van der Waals surface area (Å²) < 4.78 is 11.2. The summed E-state index contributed by atoms with van der Waals surface area (Å²) in [6.45, 7) is 14.3. The highest BCUT2D eigenvalue weighted by atomic mass is 127. The van der Waals surface area contributed by atoms with E-state index < -0.39 is 5.60 Å². The van der Waals surface area contributed by atoms with E-state index in [1.165, 1.54) is 0 Å². The highest BCUT2D eigenvalue weighted by Crippen LogP contribution is 2.23. The summed E-state index contributed by atoms with van der Waals surface area (Å²) in [5.41, 5.74) is -0.531. The van der Waals surface area contributed by atoms with Crippen LogP contribution in [0, 0.1) is 0 Å². The number of carbonyl (C=O) groups excluding carboxylic acids is 1. The first-order chi connectivity index (χ1) is 12.7. The molecule has 164 valence electrons. The normalized spacial score (nSPS) is 23.9. The quantitative estimate of drug-likeness (QED) is 0.334. The lowest BCUT2D eigenvalue weighted by Gasteiger charge is -2.35. The van der Waals surface area contributed by atoms with Crippen molar-refractivity contribution in [1.29, 1.82) is 0 Å². The molecule has 2 aliphatic heterocycles. The molecule has 0 saturated carbocycles. The summed E-state index contributed by atoms with van der Waals surface area (Å²) in [6, 6.07) is 0. The fourth-order valence-corrected chi connectivity index (χ4v) is 3.28. The van der Waals surface area contributed by atoms with Gasteiger partial charge >= 0.3 is 6.09 Å². The van der Waals surface area contributed by atoms with Crippen LogP contribution in [0.25, 0.3) is 0 Å². The lowest BCUT2D eigenvalue weighted by molar-refractivity contribution is 0.0146. The zero-order valence-electron chi connectivity index (χ0n) is 18.0. The Labute approximate surface area is 186 Å². The zero-order valence-corrected chi connectivity index (χ0v) is 20.4.